The van der Waals surface area contributed by atoms with E-state index in [-0.39, 0.29) is 0 Å². The van der Waals surface area contributed by atoms with Gasteiger partial charge in [-0.05, 0) is 72.1 Å². The van der Waals surface area contributed by atoms with Crippen LogP contribution < -0.4 is 0 Å². The lowest BCUT2D eigenvalue weighted by atomic mass is 9.63. The molecule has 0 nitrogen and oxygen atoms in total. The Labute approximate surface area is 132 Å². The van der Waals surface area contributed by atoms with Crippen molar-refractivity contribution in [1.82, 2.24) is 0 Å². The highest BCUT2D eigenvalue weighted by Gasteiger charge is 2.35. The fourth-order valence-corrected chi connectivity index (χ4v) is 5.05. The number of hydrogen-bond donors (Lipinski definition) is 0. The van der Waals surface area contributed by atoms with E-state index in [4.69, 9.17) is 0 Å². The standard InChI is InChI=1S/C19H27Br/c1-13-9-16(15-5-4-8-19(2,3)12-15)10-14-6-7-17(20)11-18(13)14/h6-7,11,13,15-16H,4-5,8-10,12H2,1-3H3. The zero-order valence-electron chi connectivity index (χ0n) is 13.1. The van der Waals surface area contributed by atoms with E-state index < -0.39 is 0 Å². The highest BCUT2D eigenvalue weighted by Crippen LogP contribution is 2.47. The van der Waals surface area contributed by atoms with Crippen LogP contribution >= 0.6 is 15.9 Å². The summed E-state index contributed by atoms with van der Waals surface area (Å²) in [6, 6.07) is 6.93. The fourth-order valence-electron chi connectivity index (χ4n) is 4.68. The van der Waals surface area contributed by atoms with Gasteiger partial charge in [0.2, 0.25) is 0 Å². The SMILES string of the molecule is CC1CC(C2CCCC(C)(C)C2)Cc2ccc(Br)cc21. The molecule has 0 bridgehead atoms. The van der Waals surface area contributed by atoms with E-state index in [9.17, 15) is 0 Å². The summed E-state index contributed by atoms with van der Waals surface area (Å²) in [5, 5.41) is 0. The highest BCUT2D eigenvalue weighted by atomic mass is 79.9. The molecule has 0 radical (unpaired) electrons. The van der Waals surface area contributed by atoms with E-state index in [1.807, 2.05) is 0 Å². The lowest BCUT2D eigenvalue weighted by molar-refractivity contribution is 0.122. The molecule has 2 aliphatic carbocycles. The van der Waals surface area contributed by atoms with Gasteiger partial charge in [-0.2, -0.15) is 0 Å². The van der Waals surface area contributed by atoms with Crippen molar-refractivity contribution in [2.24, 2.45) is 17.3 Å². The minimum Gasteiger partial charge on any atom is -0.0599 e. The van der Waals surface area contributed by atoms with Crippen LogP contribution in [0, 0.1) is 17.3 Å². The van der Waals surface area contributed by atoms with Gasteiger partial charge in [0.15, 0.2) is 0 Å². The van der Waals surface area contributed by atoms with Gasteiger partial charge >= 0.3 is 0 Å². The normalized spacial score (nSPS) is 32.7. The first-order valence-corrected chi connectivity index (χ1v) is 9.02. The van der Waals surface area contributed by atoms with Gasteiger partial charge in [-0.15, -0.1) is 0 Å². The minimum absolute atomic E-state index is 0.576. The third-order valence-electron chi connectivity index (χ3n) is 5.69. The first-order chi connectivity index (χ1) is 9.44. The summed E-state index contributed by atoms with van der Waals surface area (Å²) in [5.74, 6) is 2.60. The van der Waals surface area contributed by atoms with E-state index in [0.29, 0.717) is 5.41 Å². The topological polar surface area (TPSA) is 0 Å². The summed E-state index contributed by atoms with van der Waals surface area (Å²) in [4.78, 5) is 0. The molecular formula is C19H27Br. The number of benzene rings is 1. The van der Waals surface area contributed by atoms with Crippen LogP contribution in [0.3, 0.4) is 0 Å². The number of halogens is 1. The summed E-state index contributed by atoms with van der Waals surface area (Å²) >= 11 is 3.62. The molecule has 2 aliphatic rings. The molecule has 0 heterocycles. The highest BCUT2D eigenvalue weighted by molar-refractivity contribution is 9.10. The van der Waals surface area contributed by atoms with E-state index >= 15 is 0 Å². The molecule has 1 fully saturated rings. The van der Waals surface area contributed by atoms with Crippen LogP contribution in [-0.4, -0.2) is 0 Å². The van der Waals surface area contributed by atoms with E-state index in [1.54, 1.807) is 11.1 Å². The van der Waals surface area contributed by atoms with Crippen LogP contribution in [0.15, 0.2) is 22.7 Å². The summed E-state index contributed by atoms with van der Waals surface area (Å²) < 4.78 is 1.24. The largest absolute Gasteiger partial charge is 0.0599 e. The number of hydrogen-bond acceptors (Lipinski definition) is 0. The molecule has 1 saturated carbocycles. The maximum atomic E-state index is 3.62. The van der Waals surface area contributed by atoms with Crippen molar-refractivity contribution in [3.05, 3.63) is 33.8 Å². The average Bonchev–Trinajstić information content (AvgIpc) is 2.38. The van der Waals surface area contributed by atoms with Crippen molar-refractivity contribution in [3.63, 3.8) is 0 Å². The molecule has 1 aromatic rings. The molecule has 0 spiro atoms. The summed E-state index contributed by atoms with van der Waals surface area (Å²) in [5.41, 5.74) is 3.78. The average molecular weight is 335 g/mol. The van der Waals surface area contributed by atoms with Gasteiger partial charge in [0.1, 0.15) is 0 Å². The summed E-state index contributed by atoms with van der Waals surface area (Å²) in [6.45, 7) is 7.36. The minimum atomic E-state index is 0.576. The van der Waals surface area contributed by atoms with Crippen molar-refractivity contribution in [2.75, 3.05) is 0 Å². The zero-order valence-corrected chi connectivity index (χ0v) is 14.7. The van der Waals surface area contributed by atoms with Gasteiger partial charge in [0.05, 0.1) is 0 Å². The van der Waals surface area contributed by atoms with Crippen molar-refractivity contribution in [2.45, 2.75) is 65.2 Å². The number of rotatable bonds is 1. The van der Waals surface area contributed by atoms with Gasteiger partial charge < -0.3 is 0 Å². The van der Waals surface area contributed by atoms with Crippen LogP contribution in [0.5, 0.6) is 0 Å². The molecule has 110 valence electrons. The Morgan fingerprint density at radius 3 is 2.75 bits per heavy atom. The Morgan fingerprint density at radius 1 is 1.20 bits per heavy atom. The van der Waals surface area contributed by atoms with Crippen LogP contribution in [0.25, 0.3) is 0 Å². The van der Waals surface area contributed by atoms with Gasteiger partial charge in [-0.3, -0.25) is 0 Å². The Kier molecular flexibility index (Phi) is 4.01. The third-order valence-corrected chi connectivity index (χ3v) is 6.18. The number of fused-ring (bicyclic) bond motifs is 1. The Bertz CT molecular complexity index is 489. The fraction of sp³-hybridized carbons (Fsp3) is 0.684. The second-order valence-corrected chi connectivity index (χ2v) is 8.88. The van der Waals surface area contributed by atoms with Gasteiger partial charge in [0, 0.05) is 4.47 Å². The Hall–Kier alpha value is -0.300. The molecule has 3 rings (SSSR count). The molecule has 0 saturated heterocycles. The molecule has 1 heteroatoms. The van der Waals surface area contributed by atoms with Crippen molar-refractivity contribution >= 4 is 15.9 Å². The van der Waals surface area contributed by atoms with Crippen LogP contribution in [0.4, 0.5) is 0 Å². The third kappa shape index (κ3) is 2.98. The quantitative estimate of drug-likeness (QED) is 0.562. The van der Waals surface area contributed by atoms with Gasteiger partial charge in [-0.25, -0.2) is 0 Å². The van der Waals surface area contributed by atoms with Crippen molar-refractivity contribution in [3.8, 4) is 0 Å². The second kappa shape index (κ2) is 5.48. The summed E-state index contributed by atoms with van der Waals surface area (Å²) in [7, 11) is 0. The molecule has 3 unspecified atom stereocenters. The van der Waals surface area contributed by atoms with Crippen LogP contribution in [0.2, 0.25) is 0 Å². The van der Waals surface area contributed by atoms with E-state index in [1.165, 1.54) is 43.0 Å². The lowest BCUT2D eigenvalue weighted by Gasteiger charge is -2.42. The molecular weight excluding hydrogens is 308 g/mol. The zero-order chi connectivity index (χ0) is 14.3. The van der Waals surface area contributed by atoms with Crippen molar-refractivity contribution in [1.29, 1.82) is 0 Å². The second-order valence-electron chi connectivity index (χ2n) is 7.96. The van der Waals surface area contributed by atoms with Gasteiger partial charge in [-0.1, -0.05) is 55.6 Å². The van der Waals surface area contributed by atoms with Gasteiger partial charge in [0.25, 0.3) is 0 Å². The van der Waals surface area contributed by atoms with Crippen LogP contribution in [0.1, 0.15) is 69.9 Å². The maximum Gasteiger partial charge on any atom is 0.0178 e. The smallest absolute Gasteiger partial charge is 0.0178 e. The predicted molar refractivity (Wildman–Crippen MR) is 90.1 cm³/mol. The lowest BCUT2D eigenvalue weighted by Crippen LogP contribution is -2.31. The predicted octanol–water partition coefficient (Wildman–Crippen LogP) is 6.33. The molecule has 1 aromatic carbocycles. The van der Waals surface area contributed by atoms with E-state index in [2.05, 4.69) is 54.9 Å². The Balaban J connectivity index is 1.79. The monoisotopic (exact) mass is 334 g/mol. The molecule has 0 amide bonds. The summed E-state index contributed by atoms with van der Waals surface area (Å²) in [6.07, 6.45) is 8.48. The molecule has 0 N–H and O–H groups in total. The molecule has 0 aliphatic heterocycles. The first-order valence-electron chi connectivity index (χ1n) is 8.23. The van der Waals surface area contributed by atoms with Crippen LogP contribution in [-0.2, 0) is 6.42 Å². The molecule has 3 atom stereocenters. The van der Waals surface area contributed by atoms with E-state index in [0.717, 1.165) is 17.8 Å². The van der Waals surface area contributed by atoms with Crippen molar-refractivity contribution < 1.29 is 0 Å². The molecule has 20 heavy (non-hydrogen) atoms. The maximum absolute atomic E-state index is 3.62. The first kappa shape index (κ1) is 14.6. The Morgan fingerprint density at radius 2 is 2.00 bits per heavy atom. The molecule has 0 aromatic heterocycles.